The van der Waals surface area contributed by atoms with Gasteiger partial charge < -0.3 is 9.63 Å². The predicted molar refractivity (Wildman–Crippen MR) is 55.3 cm³/mol. The Labute approximate surface area is 104 Å². The standard InChI is InChI=1S/C11H6F3N3O2/c12-11(13,14)10-16-9(17-19-10)7-3-1-6(2-4-7)8(18)5-15/h1-4,8,18H. The number of rotatable bonds is 2. The van der Waals surface area contributed by atoms with Crippen LogP contribution in [0.5, 0.6) is 0 Å². The van der Waals surface area contributed by atoms with Gasteiger partial charge in [-0.1, -0.05) is 29.4 Å². The molecule has 1 unspecified atom stereocenters. The third kappa shape index (κ3) is 2.71. The zero-order valence-electron chi connectivity index (χ0n) is 9.22. The number of hydrogen-bond acceptors (Lipinski definition) is 5. The van der Waals surface area contributed by atoms with Crippen molar-refractivity contribution in [2.24, 2.45) is 0 Å². The van der Waals surface area contributed by atoms with Crippen LogP contribution in [0.2, 0.25) is 0 Å². The summed E-state index contributed by atoms with van der Waals surface area (Å²) in [5.74, 6) is -1.64. The topological polar surface area (TPSA) is 82.9 Å². The first kappa shape index (κ1) is 13.0. The minimum atomic E-state index is -4.69. The second-order valence-corrected chi connectivity index (χ2v) is 3.57. The molecule has 19 heavy (non-hydrogen) atoms. The molecule has 1 aromatic heterocycles. The number of aliphatic hydroxyl groups is 1. The lowest BCUT2D eigenvalue weighted by atomic mass is 10.1. The molecule has 0 amide bonds. The second-order valence-electron chi connectivity index (χ2n) is 3.57. The highest BCUT2D eigenvalue weighted by molar-refractivity contribution is 5.55. The third-order valence-electron chi connectivity index (χ3n) is 2.28. The van der Waals surface area contributed by atoms with Crippen LogP contribution in [0.25, 0.3) is 11.4 Å². The Morgan fingerprint density at radius 1 is 1.26 bits per heavy atom. The van der Waals surface area contributed by atoms with Crippen molar-refractivity contribution in [3.63, 3.8) is 0 Å². The van der Waals surface area contributed by atoms with E-state index in [-0.39, 0.29) is 11.4 Å². The second kappa shape index (κ2) is 4.70. The van der Waals surface area contributed by atoms with Crippen molar-refractivity contribution in [3.05, 3.63) is 35.7 Å². The Hall–Kier alpha value is -2.40. The molecule has 0 aliphatic carbocycles. The summed E-state index contributed by atoms with van der Waals surface area (Å²) >= 11 is 0. The number of aromatic nitrogens is 2. The van der Waals surface area contributed by atoms with E-state index in [1.165, 1.54) is 24.3 Å². The molecule has 8 heteroatoms. The lowest BCUT2D eigenvalue weighted by molar-refractivity contribution is -0.159. The van der Waals surface area contributed by atoms with E-state index in [4.69, 9.17) is 5.26 Å². The van der Waals surface area contributed by atoms with Crippen LogP contribution in [0.1, 0.15) is 17.6 Å². The molecule has 0 bridgehead atoms. The van der Waals surface area contributed by atoms with Crippen LogP contribution >= 0.6 is 0 Å². The molecule has 0 saturated heterocycles. The summed E-state index contributed by atoms with van der Waals surface area (Å²) in [5.41, 5.74) is 0.610. The molecular weight excluding hydrogens is 263 g/mol. The highest BCUT2D eigenvalue weighted by Gasteiger charge is 2.38. The lowest BCUT2D eigenvalue weighted by Crippen LogP contribution is -2.04. The van der Waals surface area contributed by atoms with Gasteiger partial charge in [0.25, 0.3) is 0 Å². The SMILES string of the molecule is N#CC(O)c1ccc(-c2noc(C(F)(F)F)n2)cc1. The fourth-order valence-electron chi connectivity index (χ4n) is 1.34. The number of hydrogen-bond donors (Lipinski definition) is 1. The highest BCUT2D eigenvalue weighted by atomic mass is 19.4. The predicted octanol–water partition coefficient (Wildman–Crippen LogP) is 2.31. The summed E-state index contributed by atoms with van der Waals surface area (Å²) < 4.78 is 40.9. The van der Waals surface area contributed by atoms with Gasteiger partial charge in [0.05, 0.1) is 6.07 Å². The van der Waals surface area contributed by atoms with Crippen molar-refractivity contribution in [1.82, 2.24) is 10.1 Å². The van der Waals surface area contributed by atoms with Gasteiger partial charge in [-0.05, 0) is 5.56 Å². The van der Waals surface area contributed by atoms with E-state index in [1.807, 2.05) is 0 Å². The Morgan fingerprint density at radius 3 is 2.37 bits per heavy atom. The van der Waals surface area contributed by atoms with Crippen LogP contribution in [0.15, 0.2) is 28.8 Å². The van der Waals surface area contributed by atoms with Crippen molar-refractivity contribution in [1.29, 1.82) is 5.26 Å². The van der Waals surface area contributed by atoms with Crippen molar-refractivity contribution >= 4 is 0 Å². The number of benzene rings is 1. The van der Waals surface area contributed by atoms with Crippen molar-refractivity contribution < 1.29 is 22.8 Å². The summed E-state index contributed by atoms with van der Waals surface area (Å²) in [6.07, 6.45) is -5.98. The molecule has 2 rings (SSSR count). The van der Waals surface area contributed by atoms with E-state index in [0.717, 1.165) is 0 Å². The van der Waals surface area contributed by atoms with E-state index >= 15 is 0 Å². The number of alkyl halides is 3. The molecule has 1 N–H and O–H groups in total. The maximum absolute atomic E-state index is 12.3. The number of aliphatic hydroxyl groups excluding tert-OH is 1. The molecule has 0 radical (unpaired) electrons. The molecule has 1 aromatic carbocycles. The summed E-state index contributed by atoms with van der Waals surface area (Å²) in [7, 11) is 0. The summed E-state index contributed by atoms with van der Waals surface area (Å²) in [6.45, 7) is 0. The van der Waals surface area contributed by atoms with E-state index in [2.05, 4.69) is 14.7 Å². The zero-order chi connectivity index (χ0) is 14.0. The number of halogens is 3. The third-order valence-corrected chi connectivity index (χ3v) is 2.28. The van der Waals surface area contributed by atoms with E-state index < -0.39 is 18.2 Å². The van der Waals surface area contributed by atoms with Crippen LogP contribution in [0.4, 0.5) is 13.2 Å². The molecule has 5 nitrogen and oxygen atoms in total. The number of nitriles is 1. The van der Waals surface area contributed by atoms with E-state index in [1.54, 1.807) is 6.07 Å². The first-order valence-corrected chi connectivity index (χ1v) is 5.00. The van der Waals surface area contributed by atoms with Crippen LogP contribution in [0, 0.1) is 11.3 Å². The van der Waals surface area contributed by atoms with Crippen LogP contribution in [-0.2, 0) is 6.18 Å². The molecule has 98 valence electrons. The van der Waals surface area contributed by atoms with E-state index in [9.17, 15) is 18.3 Å². The quantitative estimate of drug-likeness (QED) is 0.846. The van der Waals surface area contributed by atoms with Gasteiger partial charge in [0.2, 0.25) is 5.82 Å². The zero-order valence-corrected chi connectivity index (χ0v) is 9.22. The Morgan fingerprint density at radius 2 is 1.89 bits per heavy atom. The van der Waals surface area contributed by atoms with Gasteiger partial charge in [-0.3, -0.25) is 0 Å². The van der Waals surface area contributed by atoms with Gasteiger partial charge in [0.15, 0.2) is 6.10 Å². The molecule has 0 fully saturated rings. The highest BCUT2D eigenvalue weighted by Crippen LogP contribution is 2.29. The molecular formula is C11H6F3N3O2. The first-order chi connectivity index (χ1) is 8.91. The maximum Gasteiger partial charge on any atom is 0.471 e. The van der Waals surface area contributed by atoms with Crippen LogP contribution < -0.4 is 0 Å². The largest absolute Gasteiger partial charge is 0.471 e. The normalized spacial score (nSPS) is 13.0. The van der Waals surface area contributed by atoms with Gasteiger partial charge in [-0.2, -0.15) is 23.4 Å². The fraction of sp³-hybridized carbons (Fsp3) is 0.182. The van der Waals surface area contributed by atoms with Gasteiger partial charge in [0.1, 0.15) is 0 Å². The van der Waals surface area contributed by atoms with Gasteiger partial charge in [-0.15, -0.1) is 0 Å². The summed E-state index contributed by atoms with van der Waals surface area (Å²) in [6, 6.07) is 7.19. The Balaban J connectivity index is 2.28. The number of nitrogens with zero attached hydrogens (tertiary/aromatic N) is 3. The fourth-order valence-corrected chi connectivity index (χ4v) is 1.34. The van der Waals surface area contributed by atoms with Gasteiger partial charge in [0, 0.05) is 5.56 Å². The molecule has 0 aliphatic heterocycles. The molecule has 0 aliphatic rings. The monoisotopic (exact) mass is 269 g/mol. The average Bonchev–Trinajstić information content (AvgIpc) is 2.87. The smallest absolute Gasteiger partial charge is 0.374 e. The van der Waals surface area contributed by atoms with E-state index in [0.29, 0.717) is 5.56 Å². The minimum Gasteiger partial charge on any atom is -0.374 e. The van der Waals surface area contributed by atoms with Crippen LogP contribution in [0.3, 0.4) is 0 Å². The molecule has 0 saturated carbocycles. The average molecular weight is 269 g/mol. The lowest BCUT2D eigenvalue weighted by Gasteiger charge is -2.02. The Bertz CT molecular complexity index is 613. The summed E-state index contributed by atoms with van der Waals surface area (Å²) in [4.78, 5) is 3.22. The minimum absolute atomic E-state index is 0.217. The maximum atomic E-state index is 12.3. The molecule has 2 aromatic rings. The van der Waals surface area contributed by atoms with Crippen molar-refractivity contribution in [2.45, 2.75) is 12.3 Å². The van der Waals surface area contributed by atoms with Gasteiger partial charge in [-0.25, -0.2) is 0 Å². The summed E-state index contributed by atoms with van der Waals surface area (Å²) in [5, 5.41) is 21.0. The van der Waals surface area contributed by atoms with Crippen molar-refractivity contribution in [2.75, 3.05) is 0 Å². The van der Waals surface area contributed by atoms with Gasteiger partial charge >= 0.3 is 12.1 Å². The Kier molecular flexibility index (Phi) is 3.23. The molecule has 0 spiro atoms. The van der Waals surface area contributed by atoms with Crippen molar-refractivity contribution in [3.8, 4) is 17.5 Å². The first-order valence-electron chi connectivity index (χ1n) is 5.00. The van der Waals surface area contributed by atoms with Crippen LogP contribution in [-0.4, -0.2) is 15.2 Å². The molecule has 1 heterocycles. The molecule has 1 atom stereocenters.